The van der Waals surface area contributed by atoms with Crippen molar-refractivity contribution in [2.24, 2.45) is 0 Å². The first-order chi connectivity index (χ1) is 26.0. The van der Waals surface area contributed by atoms with E-state index in [4.69, 9.17) is 31.9 Å². The molecule has 0 aliphatic rings. The first kappa shape index (κ1) is 39.4. The average molecular weight is 763 g/mol. The lowest BCUT2D eigenvalue weighted by Crippen LogP contribution is -2.18. The van der Waals surface area contributed by atoms with Crippen molar-refractivity contribution in [2.75, 3.05) is 14.2 Å². The second-order valence-corrected chi connectivity index (χ2v) is 17.1. The summed E-state index contributed by atoms with van der Waals surface area (Å²) in [7, 11) is 1.15. The zero-order valence-corrected chi connectivity index (χ0v) is 34.8. The molecule has 0 bridgehead atoms. The highest BCUT2D eigenvalue weighted by molar-refractivity contribution is 7.32. The highest BCUT2D eigenvalue weighted by Gasteiger charge is 2.31. The number of carbonyl (C=O) groups is 1. The van der Waals surface area contributed by atoms with Crippen molar-refractivity contribution in [3.05, 3.63) is 118 Å². The van der Waals surface area contributed by atoms with Gasteiger partial charge in [-0.05, 0) is 103 Å². The summed E-state index contributed by atoms with van der Waals surface area (Å²) in [5, 5.41) is 1.90. The Morgan fingerprint density at radius 3 is 1.58 bits per heavy atom. The van der Waals surface area contributed by atoms with E-state index < -0.39 is 25.2 Å². The van der Waals surface area contributed by atoms with Gasteiger partial charge in [-0.2, -0.15) is 0 Å². The molecule has 0 unspecified atom stereocenters. The standard InChI is InChI=1S/C46H51O8P/c1-27-18-29(3)40-34(20-27)35-21-28(2)19-30(4)41(35)53-55(52-40)54-43-37(23-33(49-12)25-39(43)46(8,9)10)36-22-32(48-11)24-38(45(5,6)7)42(36)51-44(47)50-26-31-16-14-13-15-17-31/h13-25H,26H2,1-12H3. The van der Waals surface area contributed by atoms with E-state index in [-0.39, 0.29) is 6.61 Å². The number of hydrogen-bond acceptors (Lipinski definition) is 8. The first-order valence-electron chi connectivity index (χ1n) is 18.4. The molecule has 6 aromatic rings. The maximum absolute atomic E-state index is 13.6. The topological polar surface area (TPSA) is 89.5 Å². The van der Waals surface area contributed by atoms with Crippen molar-refractivity contribution in [2.45, 2.75) is 86.7 Å². The van der Waals surface area contributed by atoms with Gasteiger partial charge < -0.3 is 31.9 Å². The van der Waals surface area contributed by atoms with E-state index >= 15 is 0 Å². The predicted molar refractivity (Wildman–Crippen MR) is 221 cm³/mol. The smallest absolute Gasteiger partial charge is 0.497 e. The molecule has 8 nitrogen and oxygen atoms in total. The van der Waals surface area contributed by atoms with E-state index in [2.05, 4.69) is 79.7 Å². The van der Waals surface area contributed by atoms with Gasteiger partial charge in [0.1, 0.15) is 40.8 Å². The molecular formula is C46H51O8P. The first-order valence-corrected chi connectivity index (χ1v) is 19.5. The van der Waals surface area contributed by atoms with Crippen molar-refractivity contribution in [1.82, 2.24) is 0 Å². The van der Waals surface area contributed by atoms with E-state index in [1.807, 2.05) is 68.4 Å². The molecule has 0 radical (unpaired) electrons. The number of aryl methyl sites for hydroxylation is 4. The second-order valence-electron chi connectivity index (χ2n) is 16.1. The fraction of sp³-hybridized carbons (Fsp3) is 0.326. The van der Waals surface area contributed by atoms with Crippen LogP contribution in [0.15, 0.2) is 87.3 Å². The summed E-state index contributed by atoms with van der Waals surface area (Å²) in [6.45, 7) is 20.8. The average Bonchev–Trinajstić information content (AvgIpc) is 3.27. The minimum Gasteiger partial charge on any atom is -0.497 e. The molecule has 0 aliphatic carbocycles. The van der Waals surface area contributed by atoms with Crippen LogP contribution in [-0.2, 0) is 22.2 Å². The Balaban J connectivity index is 1.64. The zero-order valence-electron chi connectivity index (χ0n) is 33.9. The van der Waals surface area contributed by atoms with Gasteiger partial charge in [0, 0.05) is 33.0 Å². The number of benzene rings is 5. The van der Waals surface area contributed by atoms with Gasteiger partial charge in [-0.25, -0.2) is 4.79 Å². The number of hydrogen-bond donors (Lipinski definition) is 0. The van der Waals surface area contributed by atoms with Crippen molar-refractivity contribution in [1.29, 1.82) is 0 Å². The van der Waals surface area contributed by atoms with Gasteiger partial charge >= 0.3 is 14.4 Å². The SMILES string of the molecule is COc1cc(-c2cc(OC)cc(C(C)(C)C)c2Op2oc3c(C)cc(C)cc3c3cc(C)cc(C)c3o2)c(OC(=O)OCc2ccccc2)c(C(C)(C)C)c1. The van der Waals surface area contributed by atoms with Gasteiger partial charge in [-0.1, -0.05) is 84.0 Å². The Labute approximate surface area is 325 Å². The Kier molecular flexibility index (Phi) is 11.0. The summed E-state index contributed by atoms with van der Waals surface area (Å²) in [6.07, 6.45) is -0.841. The molecule has 0 saturated heterocycles. The molecule has 55 heavy (non-hydrogen) atoms. The van der Waals surface area contributed by atoms with Gasteiger partial charge in [-0.15, -0.1) is 0 Å². The second kappa shape index (κ2) is 15.4. The summed E-state index contributed by atoms with van der Waals surface area (Å²) < 4.78 is 44.3. The maximum Gasteiger partial charge on any atom is 0.514 e. The third kappa shape index (κ3) is 8.50. The van der Waals surface area contributed by atoms with Crippen LogP contribution in [0.2, 0.25) is 0 Å². The minimum absolute atomic E-state index is 0.0531. The Morgan fingerprint density at radius 1 is 0.636 bits per heavy atom. The van der Waals surface area contributed by atoms with Gasteiger partial charge in [0.25, 0.3) is 0 Å². The monoisotopic (exact) mass is 762 g/mol. The minimum atomic E-state index is -2.09. The van der Waals surface area contributed by atoms with Gasteiger partial charge in [0.15, 0.2) is 0 Å². The van der Waals surface area contributed by atoms with Crippen molar-refractivity contribution < 1.29 is 36.7 Å². The molecule has 0 N–H and O–H groups in total. The Hall–Kier alpha value is -5.33. The normalized spacial score (nSPS) is 11.8. The zero-order chi connectivity index (χ0) is 39.8. The summed E-state index contributed by atoms with van der Waals surface area (Å²) >= 11 is 0. The van der Waals surface area contributed by atoms with Gasteiger partial charge in [0.05, 0.1) is 14.2 Å². The molecule has 0 amide bonds. The summed E-state index contributed by atoms with van der Waals surface area (Å²) in [6, 6.07) is 25.5. The molecule has 0 fully saturated rings. The van der Waals surface area contributed by atoms with Crippen molar-refractivity contribution >= 4 is 36.3 Å². The van der Waals surface area contributed by atoms with Crippen LogP contribution in [0.1, 0.15) is 80.5 Å². The molecule has 6 rings (SSSR count). The van der Waals surface area contributed by atoms with Crippen LogP contribution in [0.4, 0.5) is 4.79 Å². The number of ether oxygens (including phenoxy) is 4. The van der Waals surface area contributed by atoms with Gasteiger partial charge in [-0.3, -0.25) is 0 Å². The molecule has 0 spiro atoms. The summed E-state index contributed by atoms with van der Waals surface area (Å²) in [4.78, 5) is 13.6. The highest BCUT2D eigenvalue weighted by Crippen LogP contribution is 2.52. The Bertz CT molecular complexity index is 2360. The van der Waals surface area contributed by atoms with Crippen LogP contribution in [0, 0.1) is 27.7 Å². The van der Waals surface area contributed by atoms with E-state index in [0.29, 0.717) is 45.3 Å². The number of rotatable bonds is 8. The van der Waals surface area contributed by atoms with Crippen molar-refractivity contribution in [3.8, 4) is 34.1 Å². The van der Waals surface area contributed by atoms with Crippen molar-refractivity contribution in [3.63, 3.8) is 0 Å². The van der Waals surface area contributed by atoms with E-state index in [1.165, 1.54) is 0 Å². The quantitative estimate of drug-likeness (QED) is 0.112. The lowest BCUT2D eigenvalue weighted by atomic mass is 9.81. The van der Waals surface area contributed by atoms with Crippen LogP contribution >= 0.6 is 8.24 Å². The number of carbonyl (C=O) groups excluding carboxylic acids is 1. The van der Waals surface area contributed by atoms with Crippen LogP contribution < -0.4 is 18.7 Å². The van der Waals surface area contributed by atoms with E-state index in [1.54, 1.807) is 14.2 Å². The number of fused-ring (bicyclic) bond motifs is 3. The number of methoxy groups -OCH3 is 2. The molecule has 1 aromatic heterocycles. The van der Waals surface area contributed by atoms with Crippen LogP contribution in [-0.4, -0.2) is 20.4 Å². The lowest BCUT2D eigenvalue weighted by Gasteiger charge is -2.28. The molecule has 1 heterocycles. The van der Waals surface area contributed by atoms with Crippen LogP contribution in [0.5, 0.6) is 23.0 Å². The molecule has 288 valence electrons. The highest BCUT2D eigenvalue weighted by atomic mass is 31.1. The third-order valence-electron chi connectivity index (χ3n) is 9.51. The summed E-state index contributed by atoms with van der Waals surface area (Å²) in [5.74, 6) is 1.97. The largest absolute Gasteiger partial charge is 0.514 e. The molecule has 0 aliphatic heterocycles. The third-order valence-corrected chi connectivity index (χ3v) is 10.5. The predicted octanol–water partition coefficient (Wildman–Crippen LogP) is 13.4. The fourth-order valence-electron chi connectivity index (χ4n) is 6.82. The maximum atomic E-state index is 13.6. The van der Waals surface area contributed by atoms with Crippen LogP contribution in [0.25, 0.3) is 33.1 Å². The molecule has 9 heteroatoms. The molecular weight excluding hydrogens is 711 g/mol. The van der Waals surface area contributed by atoms with E-state index in [9.17, 15) is 4.79 Å². The lowest BCUT2D eigenvalue weighted by molar-refractivity contribution is 0.0922. The fourth-order valence-corrected chi connectivity index (χ4v) is 8.06. The summed E-state index contributed by atoms with van der Waals surface area (Å²) in [5.41, 5.74) is 8.21. The van der Waals surface area contributed by atoms with E-state index in [0.717, 1.165) is 49.7 Å². The Morgan fingerprint density at radius 2 is 1.11 bits per heavy atom. The molecule has 0 atom stereocenters. The van der Waals surface area contributed by atoms with Gasteiger partial charge in [0.2, 0.25) is 0 Å². The molecule has 0 saturated carbocycles. The van der Waals surface area contributed by atoms with Crippen LogP contribution in [0.3, 0.4) is 0 Å². The molecule has 5 aromatic carbocycles.